The van der Waals surface area contributed by atoms with Gasteiger partial charge in [-0.3, -0.25) is 4.79 Å². The van der Waals surface area contributed by atoms with E-state index in [4.69, 9.17) is 5.73 Å². The minimum Gasteiger partial charge on any atom is -0.375 e. The molecule has 1 heterocycles. The van der Waals surface area contributed by atoms with Gasteiger partial charge in [0.2, 0.25) is 5.91 Å². The van der Waals surface area contributed by atoms with Gasteiger partial charge in [-0.1, -0.05) is 6.07 Å². The number of nitrogen functional groups attached to an aromatic ring is 1. The molecule has 3 rings (SSSR count). The number of anilines is 2. The van der Waals surface area contributed by atoms with Gasteiger partial charge >= 0.3 is 0 Å². The van der Waals surface area contributed by atoms with Crippen LogP contribution in [0, 0.1) is 0 Å². The first-order valence-corrected chi connectivity index (χ1v) is 7.20. The summed E-state index contributed by atoms with van der Waals surface area (Å²) in [5, 5.41) is 5.23. The quantitative estimate of drug-likeness (QED) is 0.902. The average molecular weight is 273 g/mol. The Morgan fingerprint density at radius 3 is 3.00 bits per heavy atom. The van der Waals surface area contributed by atoms with Crippen LogP contribution in [0.5, 0.6) is 0 Å². The molecule has 1 aliphatic carbocycles. The van der Waals surface area contributed by atoms with Crippen molar-refractivity contribution < 1.29 is 4.79 Å². The van der Waals surface area contributed by atoms with E-state index in [0.717, 1.165) is 24.2 Å². The number of nitrogens with two attached hydrogens (primary N) is 1. The summed E-state index contributed by atoms with van der Waals surface area (Å²) in [5.74, 6) is -0.0525. The van der Waals surface area contributed by atoms with E-state index in [2.05, 4.69) is 22.4 Å². The summed E-state index contributed by atoms with van der Waals surface area (Å²) in [6.45, 7) is 0. The Labute approximate surface area is 115 Å². The fourth-order valence-corrected chi connectivity index (χ4v) is 2.99. The van der Waals surface area contributed by atoms with E-state index in [1.807, 2.05) is 11.4 Å². The van der Waals surface area contributed by atoms with Crippen molar-refractivity contribution in [3.8, 4) is 0 Å². The third kappa shape index (κ3) is 2.76. The van der Waals surface area contributed by atoms with E-state index in [9.17, 15) is 4.79 Å². The third-order valence-electron chi connectivity index (χ3n) is 3.29. The Balaban J connectivity index is 1.66. The highest BCUT2D eigenvalue weighted by molar-refractivity contribution is 7.13. The first kappa shape index (κ1) is 12.2. The highest BCUT2D eigenvalue weighted by atomic mass is 32.1. The SMILES string of the molecule is Nc1nc(CC(=O)Nc2ccc3c(c2)CCC3)cs1. The van der Waals surface area contributed by atoms with E-state index in [1.165, 1.54) is 28.9 Å². The van der Waals surface area contributed by atoms with Crippen LogP contribution in [-0.2, 0) is 24.1 Å². The molecule has 0 aliphatic heterocycles. The summed E-state index contributed by atoms with van der Waals surface area (Å²) in [4.78, 5) is 16.0. The summed E-state index contributed by atoms with van der Waals surface area (Å²) in [5.41, 5.74) is 9.90. The number of thiazole rings is 1. The molecule has 0 radical (unpaired) electrons. The number of carbonyl (C=O) groups is 1. The predicted octanol–water partition coefficient (Wildman–Crippen LogP) is 2.40. The Hall–Kier alpha value is -1.88. The molecule has 4 nitrogen and oxygen atoms in total. The van der Waals surface area contributed by atoms with Gasteiger partial charge in [0.25, 0.3) is 0 Å². The number of carbonyl (C=O) groups excluding carboxylic acids is 1. The molecule has 2 aromatic rings. The molecule has 0 spiro atoms. The molecular weight excluding hydrogens is 258 g/mol. The number of nitrogens with one attached hydrogen (secondary N) is 1. The van der Waals surface area contributed by atoms with E-state index >= 15 is 0 Å². The minimum atomic E-state index is -0.0525. The highest BCUT2D eigenvalue weighted by Gasteiger charge is 2.12. The summed E-state index contributed by atoms with van der Waals surface area (Å²) < 4.78 is 0. The number of benzene rings is 1. The molecule has 0 unspecified atom stereocenters. The lowest BCUT2D eigenvalue weighted by Crippen LogP contribution is -2.14. The van der Waals surface area contributed by atoms with Crippen LogP contribution < -0.4 is 11.1 Å². The number of hydrogen-bond acceptors (Lipinski definition) is 4. The van der Waals surface area contributed by atoms with Gasteiger partial charge in [0.05, 0.1) is 12.1 Å². The Morgan fingerprint density at radius 1 is 1.37 bits per heavy atom. The van der Waals surface area contributed by atoms with Crippen LogP contribution in [0.25, 0.3) is 0 Å². The zero-order chi connectivity index (χ0) is 13.2. The van der Waals surface area contributed by atoms with Gasteiger partial charge in [0.15, 0.2) is 5.13 Å². The second kappa shape index (κ2) is 5.01. The van der Waals surface area contributed by atoms with Gasteiger partial charge in [-0.15, -0.1) is 11.3 Å². The van der Waals surface area contributed by atoms with E-state index in [0.29, 0.717) is 5.13 Å². The molecular formula is C14H15N3OS. The largest absolute Gasteiger partial charge is 0.375 e. The zero-order valence-corrected chi connectivity index (χ0v) is 11.3. The molecule has 0 bridgehead atoms. The van der Waals surface area contributed by atoms with Crippen molar-refractivity contribution in [1.82, 2.24) is 4.98 Å². The number of aromatic nitrogens is 1. The molecule has 98 valence electrons. The van der Waals surface area contributed by atoms with Crippen LogP contribution >= 0.6 is 11.3 Å². The van der Waals surface area contributed by atoms with Crippen molar-refractivity contribution in [3.05, 3.63) is 40.4 Å². The lowest BCUT2D eigenvalue weighted by Gasteiger charge is -2.06. The predicted molar refractivity (Wildman–Crippen MR) is 77.3 cm³/mol. The van der Waals surface area contributed by atoms with Crippen LogP contribution in [0.15, 0.2) is 23.6 Å². The fraction of sp³-hybridized carbons (Fsp3) is 0.286. The number of nitrogens with zero attached hydrogens (tertiary/aromatic N) is 1. The summed E-state index contributed by atoms with van der Waals surface area (Å²) >= 11 is 1.36. The number of hydrogen-bond donors (Lipinski definition) is 2. The third-order valence-corrected chi connectivity index (χ3v) is 4.02. The first-order valence-electron chi connectivity index (χ1n) is 6.32. The Bertz CT molecular complexity index is 621. The molecule has 0 saturated carbocycles. The minimum absolute atomic E-state index is 0.0525. The van der Waals surface area contributed by atoms with Gasteiger partial charge in [0.1, 0.15) is 0 Å². The normalized spacial score (nSPS) is 13.3. The van der Waals surface area contributed by atoms with E-state index in [-0.39, 0.29) is 12.3 Å². The Morgan fingerprint density at radius 2 is 2.21 bits per heavy atom. The van der Waals surface area contributed by atoms with Gasteiger partial charge in [-0.05, 0) is 42.5 Å². The molecule has 3 N–H and O–H groups in total. The van der Waals surface area contributed by atoms with Gasteiger partial charge in [-0.2, -0.15) is 0 Å². The average Bonchev–Trinajstić information content (AvgIpc) is 2.97. The van der Waals surface area contributed by atoms with Crippen molar-refractivity contribution in [2.75, 3.05) is 11.1 Å². The van der Waals surface area contributed by atoms with Crippen molar-refractivity contribution in [2.45, 2.75) is 25.7 Å². The monoisotopic (exact) mass is 273 g/mol. The molecule has 1 aromatic heterocycles. The zero-order valence-electron chi connectivity index (χ0n) is 10.5. The van der Waals surface area contributed by atoms with E-state index < -0.39 is 0 Å². The molecule has 1 aliphatic rings. The maximum atomic E-state index is 11.9. The number of rotatable bonds is 3. The highest BCUT2D eigenvalue weighted by Crippen LogP contribution is 2.25. The molecule has 19 heavy (non-hydrogen) atoms. The van der Waals surface area contributed by atoms with Crippen molar-refractivity contribution >= 4 is 28.1 Å². The van der Waals surface area contributed by atoms with Crippen molar-refractivity contribution in [1.29, 1.82) is 0 Å². The number of fused-ring (bicyclic) bond motifs is 1. The van der Waals surface area contributed by atoms with Gasteiger partial charge in [0, 0.05) is 11.1 Å². The number of amides is 1. The van der Waals surface area contributed by atoms with Crippen LogP contribution in [0.3, 0.4) is 0 Å². The van der Waals surface area contributed by atoms with Gasteiger partial charge in [-0.25, -0.2) is 4.98 Å². The summed E-state index contributed by atoms with van der Waals surface area (Å²) in [6, 6.07) is 6.16. The fourth-order valence-electron chi connectivity index (χ4n) is 2.42. The molecule has 5 heteroatoms. The lowest BCUT2D eigenvalue weighted by atomic mass is 10.1. The first-order chi connectivity index (χ1) is 9.20. The van der Waals surface area contributed by atoms with Crippen molar-refractivity contribution in [2.24, 2.45) is 0 Å². The van der Waals surface area contributed by atoms with Crippen LogP contribution in [0.4, 0.5) is 10.8 Å². The van der Waals surface area contributed by atoms with Crippen molar-refractivity contribution in [3.63, 3.8) is 0 Å². The lowest BCUT2D eigenvalue weighted by molar-refractivity contribution is -0.115. The maximum Gasteiger partial charge on any atom is 0.230 e. The molecule has 0 saturated heterocycles. The standard InChI is InChI=1S/C14H15N3OS/c15-14-17-12(8-19-14)7-13(18)16-11-5-4-9-2-1-3-10(9)6-11/h4-6,8H,1-3,7H2,(H2,15,17)(H,16,18). The van der Waals surface area contributed by atoms with Crippen LogP contribution in [0.2, 0.25) is 0 Å². The molecule has 0 fully saturated rings. The smallest absolute Gasteiger partial charge is 0.230 e. The molecule has 0 atom stereocenters. The van der Waals surface area contributed by atoms with E-state index in [1.54, 1.807) is 0 Å². The number of aryl methyl sites for hydroxylation is 2. The topological polar surface area (TPSA) is 68.0 Å². The van der Waals surface area contributed by atoms with Crippen LogP contribution in [-0.4, -0.2) is 10.9 Å². The maximum absolute atomic E-state index is 11.9. The molecule has 1 amide bonds. The molecule has 1 aromatic carbocycles. The second-order valence-electron chi connectivity index (χ2n) is 4.74. The summed E-state index contributed by atoms with van der Waals surface area (Å²) in [7, 11) is 0. The van der Waals surface area contributed by atoms with Gasteiger partial charge < -0.3 is 11.1 Å². The summed E-state index contributed by atoms with van der Waals surface area (Å²) in [6.07, 6.45) is 3.75. The second-order valence-corrected chi connectivity index (χ2v) is 5.63. The Kier molecular flexibility index (Phi) is 3.21. The van der Waals surface area contributed by atoms with Crippen LogP contribution in [0.1, 0.15) is 23.2 Å².